The first-order chi connectivity index (χ1) is 14.0. The van der Waals surface area contributed by atoms with E-state index in [0.717, 1.165) is 41.2 Å². The number of nitrogens with zero attached hydrogens (tertiary/aromatic N) is 4. The van der Waals surface area contributed by atoms with Crippen LogP contribution in [0.2, 0.25) is 0 Å². The summed E-state index contributed by atoms with van der Waals surface area (Å²) in [5.74, 6) is -0.0685. The second-order valence-electron chi connectivity index (χ2n) is 7.72. The van der Waals surface area contributed by atoms with Crippen LogP contribution in [0.4, 0.5) is 4.39 Å². The summed E-state index contributed by atoms with van der Waals surface area (Å²) in [4.78, 5) is 12.9. The Morgan fingerprint density at radius 2 is 2.14 bits per heavy atom. The van der Waals surface area contributed by atoms with Crippen molar-refractivity contribution in [1.82, 2.24) is 25.2 Å². The van der Waals surface area contributed by atoms with Crippen molar-refractivity contribution in [2.75, 3.05) is 0 Å². The Balaban J connectivity index is 1.49. The zero-order chi connectivity index (χ0) is 20.0. The minimum atomic E-state index is -0.483. The lowest BCUT2D eigenvalue weighted by Crippen LogP contribution is -2.41. The van der Waals surface area contributed by atoms with E-state index < -0.39 is 5.41 Å². The number of benzene rings is 1. The predicted octanol–water partition coefficient (Wildman–Crippen LogP) is 3.99. The number of H-pyrrole nitrogens is 1. The van der Waals surface area contributed by atoms with E-state index in [1.54, 1.807) is 37.0 Å². The van der Waals surface area contributed by atoms with Crippen molar-refractivity contribution < 1.29 is 9.18 Å². The first-order valence-electron chi connectivity index (χ1n) is 9.62. The smallest absolute Gasteiger partial charge is 0.140 e. The van der Waals surface area contributed by atoms with Crippen molar-refractivity contribution in [1.29, 1.82) is 0 Å². The number of halogens is 1. The first kappa shape index (κ1) is 18.3. The highest BCUT2D eigenvalue weighted by Crippen LogP contribution is 2.51. The van der Waals surface area contributed by atoms with Crippen LogP contribution in [0.15, 0.2) is 47.3 Å². The molecule has 0 saturated heterocycles. The fraction of sp³-hybridized carbons (Fsp3) is 0.333. The molecule has 5 rings (SSSR count). The Bertz CT molecular complexity index is 1090. The van der Waals surface area contributed by atoms with Crippen LogP contribution in [0.3, 0.4) is 0 Å². The second kappa shape index (κ2) is 6.95. The summed E-state index contributed by atoms with van der Waals surface area (Å²) in [6.07, 6.45) is 8.98. The number of nitrogens with one attached hydrogen (secondary N) is 1. The van der Waals surface area contributed by atoms with Gasteiger partial charge < -0.3 is 0 Å². The molecule has 2 heterocycles. The highest BCUT2D eigenvalue weighted by Gasteiger charge is 2.47. The van der Waals surface area contributed by atoms with E-state index in [-0.39, 0.29) is 11.6 Å². The van der Waals surface area contributed by atoms with Crippen LogP contribution in [-0.2, 0) is 11.2 Å². The van der Waals surface area contributed by atoms with Crippen molar-refractivity contribution in [2.45, 2.75) is 42.9 Å². The molecule has 6 nitrogen and oxygen atoms in total. The number of aromatic amines is 1. The Morgan fingerprint density at radius 3 is 2.86 bits per heavy atom. The number of hydrogen-bond acceptors (Lipinski definition) is 5. The summed E-state index contributed by atoms with van der Waals surface area (Å²) < 4.78 is 15.1. The van der Waals surface area contributed by atoms with Crippen molar-refractivity contribution in [3.8, 4) is 5.69 Å². The molecule has 2 aromatic heterocycles. The fourth-order valence-corrected chi connectivity index (χ4v) is 5.70. The molecule has 148 valence electrons. The Labute approximate surface area is 171 Å². The summed E-state index contributed by atoms with van der Waals surface area (Å²) >= 11 is 1.69. The van der Waals surface area contributed by atoms with Crippen LogP contribution in [0.5, 0.6) is 0 Å². The molecule has 2 aliphatic rings. The van der Waals surface area contributed by atoms with Crippen molar-refractivity contribution in [2.24, 2.45) is 5.41 Å². The maximum absolute atomic E-state index is 13.3. The number of carbonyl (C=O) groups excluding carboxylic acids is 1. The SMILES string of the molecule is CC(=O)[C@]12Cc3cnn(-c4ccc(F)cc4)c3C=C1CC[C@H](Sc1cn[nH]n1)C2. The molecule has 1 fully saturated rings. The molecule has 0 bridgehead atoms. The van der Waals surface area contributed by atoms with Crippen molar-refractivity contribution in [3.05, 3.63) is 59.3 Å². The lowest BCUT2D eigenvalue weighted by Gasteiger charge is -2.43. The van der Waals surface area contributed by atoms with Gasteiger partial charge in [-0.05, 0) is 68.5 Å². The average molecular weight is 409 g/mol. The Hall–Kier alpha value is -2.74. The number of carbonyl (C=O) groups is 1. The average Bonchev–Trinajstić information content (AvgIpc) is 3.36. The van der Waals surface area contributed by atoms with E-state index in [2.05, 4.69) is 26.6 Å². The van der Waals surface area contributed by atoms with Gasteiger partial charge in [-0.3, -0.25) is 4.79 Å². The van der Waals surface area contributed by atoms with Gasteiger partial charge in [-0.2, -0.15) is 15.4 Å². The third-order valence-corrected chi connectivity index (χ3v) is 7.22. The summed E-state index contributed by atoms with van der Waals surface area (Å²) in [6, 6.07) is 6.32. The standard InChI is InChI=1S/C21H20FN5OS/c1-13(28)21-9-14-11-24-27(17-5-3-16(22)4-6-17)19(14)8-15(21)2-7-18(10-21)29-20-12-23-26-25-20/h3-6,8,11-12,18H,2,7,9-10H2,1H3,(H,23,25,26)/t18-,21+/m0/s1. The molecule has 0 amide bonds. The molecule has 1 N–H and O–H groups in total. The number of hydrogen-bond donors (Lipinski definition) is 1. The molecule has 0 spiro atoms. The van der Waals surface area contributed by atoms with E-state index in [9.17, 15) is 9.18 Å². The quantitative estimate of drug-likeness (QED) is 0.705. The van der Waals surface area contributed by atoms with Gasteiger partial charge in [0.25, 0.3) is 0 Å². The van der Waals surface area contributed by atoms with Crippen molar-refractivity contribution >= 4 is 23.6 Å². The lowest BCUT2D eigenvalue weighted by molar-refractivity contribution is -0.125. The van der Waals surface area contributed by atoms with E-state index in [1.165, 1.54) is 17.7 Å². The Kier molecular flexibility index (Phi) is 4.38. The van der Waals surface area contributed by atoms with E-state index in [0.29, 0.717) is 11.7 Å². The van der Waals surface area contributed by atoms with Gasteiger partial charge in [0.15, 0.2) is 0 Å². The number of thioether (sulfide) groups is 1. The largest absolute Gasteiger partial charge is 0.299 e. The van der Waals surface area contributed by atoms with Gasteiger partial charge >= 0.3 is 0 Å². The van der Waals surface area contributed by atoms with Crippen LogP contribution in [0.1, 0.15) is 37.4 Å². The number of aromatic nitrogens is 5. The molecule has 0 unspecified atom stereocenters. The zero-order valence-corrected chi connectivity index (χ0v) is 16.7. The third-order valence-electron chi connectivity index (χ3n) is 6.04. The van der Waals surface area contributed by atoms with Gasteiger partial charge in [-0.1, -0.05) is 17.3 Å². The number of rotatable bonds is 4. The minimum Gasteiger partial charge on any atom is -0.299 e. The maximum atomic E-state index is 13.3. The van der Waals surface area contributed by atoms with E-state index >= 15 is 0 Å². The fourth-order valence-electron chi connectivity index (χ4n) is 4.55. The molecular weight excluding hydrogens is 389 g/mol. The summed E-state index contributed by atoms with van der Waals surface area (Å²) in [7, 11) is 0. The third kappa shape index (κ3) is 3.11. The van der Waals surface area contributed by atoms with Crippen LogP contribution in [-0.4, -0.2) is 36.2 Å². The van der Waals surface area contributed by atoms with Crippen LogP contribution < -0.4 is 0 Å². The van der Waals surface area contributed by atoms with Crippen LogP contribution >= 0.6 is 11.8 Å². The molecular formula is C21H20FN5OS. The lowest BCUT2D eigenvalue weighted by atomic mass is 9.62. The minimum absolute atomic E-state index is 0.203. The molecule has 29 heavy (non-hydrogen) atoms. The highest BCUT2D eigenvalue weighted by molar-refractivity contribution is 7.99. The van der Waals surface area contributed by atoms with E-state index in [4.69, 9.17) is 0 Å². The molecule has 8 heteroatoms. The summed E-state index contributed by atoms with van der Waals surface area (Å²) in [5, 5.41) is 16.4. The molecule has 0 radical (unpaired) electrons. The van der Waals surface area contributed by atoms with E-state index in [1.807, 2.05) is 10.9 Å². The molecule has 3 aromatic rings. The zero-order valence-electron chi connectivity index (χ0n) is 15.9. The van der Waals surface area contributed by atoms with Gasteiger partial charge in [0.05, 0.1) is 29.2 Å². The van der Waals surface area contributed by atoms with Crippen molar-refractivity contribution in [3.63, 3.8) is 0 Å². The molecule has 2 aliphatic carbocycles. The summed E-state index contributed by atoms with van der Waals surface area (Å²) in [5.41, 5.74) is 3.56. The predicted molar refractivity (Wildman–Crippen MR) is 108 cm³/mol. The van der Waals surface area contributed by atoms with Gasteiger partial charge in [-0.15, -0.1) is 5.10 Å². The number of Topliss-reactive ketones (excluding diaryl/α,β-unsaturated/α-hetero) is 1. The monoisotopic (exact) mass is 409 g/mol. The van der Waals surface area contributed by atoms with Gasteiger partial charge in [0.1, 0.15) is 16.6 Å². The van der Waals surface area contributed by atoms with Crippen LogP contribution in [0, 0.1) is 11.2 Å². The van der Waals surface area contributed by atoms with Crippen LogP contribution in [0.25, 0.3) is 11.8 Å². The van der Waals surface area contributed by atoms with Gasteiger partial charge in [0, 0.05) is 5.25 Å². The van der Waals surface area contributed by atoms with Gasteiger partial charge in [-0.25, -0.2) is 9.07 Å². The maximum Gasteiger partial charge on any atom is 0.140 e. The first-order valence-corrected chi connectivity index (χ1v) is 10.5. The molecule has 0 aliphatic heterocycles. The molecule has 1 saturated carbocycles. The molecule has 1 aromatic carbocycles. The number of ketones is 1. The second-order valence-corrected chi connectivity index (χ2v) is 9.04. The molecule has 2 atom stereocenters. The number of allylic oxidation sites excluding steroid dienone is 1. The number of fused-ring (bicyclic) bond motifs is 2. The summed E-state index contributed by atoms with van der Waals surface area (Å²) in [6.45, 7) is 1.70. The normalized spacial score (nSPS) is 23.2. The Morgan fingerprint density at radius 1 is 1.31 bits per heavy atom. The van der Waals surface area contributed by atoms with Gasteiger partial charge in [0.2, 0.25) is 0 Å². The highest BCUT2D eigenvalue weighted by atomic mass is 32.2. The topological polar surface area (TPSA) is 76.5 Å².